The van der Waals surface area contributed by atoms with Crippen LogP contribution in [0.15, 0.2) is 12.1 Å². The van der Waals surface area contributed by atoms with Gasteiger partial charge in [-0.15, -0.1) is 0 Å². The van der Waals surface area contributed by atoms with E-state index < -0.39 is 0 Å². The van der Waals surface area contributed by atoms with E-state index in [1.165, 1.54) is 0 Å². The number of rotatable bonds is 4. The van der Waals surface area contributed by atoms with Crippen molar-refractivity contribution in [1.82, 2.24) is 0 Å². The van der Waals surface area contributed by atoms with Crippen molar-refractivity contribution in [1.29, 1.82) is 0 Å². The Morgan fingerprint density at radius 1 is 0.857 bits per heavy atom. The van der Waals surface area contributed by atoms with Gasteiger partial charge in [0.2, 0.25) is 0 Å². The fraction of sp³-hybridized carbons (Fsp3) is 0.667. The number of benzene rings is 1. The Morgan fingerprint density at radius 2 is 1.19 bits per heavy atom. The molecule has 21 heavy (non-hydrogen) atoms. The summed E-state index contributed by atoms with van der Waals surface area (Å²) in [6.07, 6.45) is 0. The summed E-state index contributed by atoms with van der Waals surface area (Å²) in [5.74, 6) is 1.73. The molecule has 0 unspecified atom stereocenters. The van der Waals surface area contributed by atoms with Crippen molar-refractivity contribution in [2.24, 2.45) is 0 Å². The normalized spacial score (nSPS) is 7.95. The topological polar surface area (TPSA) is 21.7 Å². The lowest BCUT2D eigenvalue weighted by Crippen LogP contribution is -2.16. The van der Waals surface area contributed by atoms with Gasteiger partial charge in [-0.2, -0.15) is 0 Å². The van der Waals surface area contributed by atoms with Gasteiger partial charge in [0.15, 0.2) is 0 Å². The molecule has 0 amide bonds. The fourth-order valence-electron chi connectivity index (χ4n) is 1.48. The first kappa shape index (κ1) is 24.6. The lowest BCUT2D eigenvalue weighted by atomic mass is 10.1. The predicted molar refractivity (Wildman–Crippen MR) is 97.3 cm³/mol. The van der Waals surface area contributed by atoms with E-state index in [2.05, 4.69) is 11.8 Å². The third-order valence-corrected chi connectivity index (χ3v) is 2.65. The van der Waals surface area contributed by atoms with Crippen LogP contribution in [0.1, 0.15) is 54.0 Å². The highest BCUT2D eigenvalue weighted by Crippen LogP contribution is 2.33. The van der Waals surface area contributed by atoms with Gasteiger partial charge in [-0.3, -0.25) is 0 Å². The fourth-order valence-corrected chi connectivity index (χ4v) is 1.48. The van der Waals surface area contributed by atoms with E-state index in [1.807, 2.05) is 67.6 Å². The minimum atomic E-state index is 0.865. The predicted octanol–water partition coefficient (Wildman–Crippen LogP) is 5.55. The first-order valence-electron chi connectivity index (χ1n) is 8.07. The Morgan fingerprint density at radius 3 is 1.43 bits per heavy atom. The van der Waals surface area contributed by atoms with Gasteiger partial charge < -0.3 is 14.4 Å². The van der Waals surface area contributed by atoms with Crippen molar-refractivity contribution in [3.05, 3.63) is 17.7 Å². The molecule has 1 aromatic rings. The van der Waals surface area contributed by atoms with Crippen LogP contribution in [0, 0.1) is 6.92 Å². The van der Waals surface area contributed by atoms with Crippen LogP contribution < -0.4 is 14.4 Å². The van der Waals surface area contributed by atoms with Crippen molar-refractivity contribution in [3.63, 3.8) is 0 Å². The van der Waals surface area contributed by atoms with E-state index in [1.54, 1.807) is 14.2 Å². The monoisotopic (exact) mass is 299 g/mol. The molecule has 0 fully saturated rings. The van der Waals surface area contributed by atoms with Crippen LogP contribution in [-0.4, -0.2) is 27.8 Å². The number of nitrogens with zero attached hydrogens (tertiary/aromatic N) is 1. The highest BCUT2D eigenvalue weighted by atomic mass is 16.5. The molecule has 3 heteroatoms. The maximum Gasteiger partial charge on any atom is 0.127 e. The van der Waals surface area contributed by atoms with Crippen LogP contribution in [0.3, 0.4) is 0 Å². The average Bonchev–Trinajstić information content (AvgIpc) is 2.59. The lowest BCUT2D eigenvalue weighted by Gasteiger charge is -2.20. The van der Waals surface area contributed by atoms with Gasteiger partial charge in [-0.1, -0.05) is 41.5 Å². The summed E-state index contributed by atoms with van der Waals surface area (Å²) in [5, 5.41) is 0. The zero-order valence-corrected chi connectivity index (χ0v) is 16.1. The molecule has 0 radical (unpaired) electrons. The Balaban J connectivity index is -0.000000478. The highest BCUT2D eigenvalue weighted by Gasteiger charge is 2.09. The molecule has 1 rings (SSSR count). The Kier molecular flexibility index (Phi) is 19.6. The van der Waals surface area contributed by atoms with Crippen LogP contribution in [0.25, 0.3) is 0 Å². The van der Waals surface area contributed by atoms with Gasteiger partial charge in [-0.05, 0) is 13.8 Å². The molecule has 0 saturated carbocycles. The number of anilines is 1. The zero-order valence-electron chi connectivity index (χ0n) is 16.1. The van der Waals surface area contributed by atoms with Gasteiger partial charge in [0, 0.05) is 37.0 Å². The van der Waals surface area contributed by atoms with Crippen molar-refractivity contribution >= 4 is 5.69 Å². The molecule has 126 valence electrons. The maximum atomic E-state index is 5.32. The van der Waals surface area contributed by atoms with Crippen LogP contribution >= 0.6 is 0 Å². The van der Waals surface area contributed by atoms with Crippen LogP contribution in [0.5, 0.6) is 11.5 Å². The number of hydrogen-bond acceptors (Lipinski definition) is 3. The summed E-state index contributed by atoms with van der Waals surface area (Å²) in [4.78, 5) is 2.14. The second-order valence-corrected chi connectivity index (χ2v) is 3.49. The Bertz CT molecular complexity index is 313. The van der Waals surface area contributed by atoms with Gasteiger partial charge >= 0.3 is 0 Å². The molecule has 0 heterocycles. The summed E-state index contributed by atoms with van der Waals surface area (Å²) >= 11 is 0. The van der Waals surface area contributed by atoms with Gasteiger partial charge in [0.25, 0.3) is 0 Å². The minimum absolute atomic E-state index is 0.865. The molecule has 0 saturated heterocycles. The molecule has 0 aliphatic carbocycles. The third kappa shape index (κ3) is 8.49. The van der Waals surface area contributed by atoms with Gasteiger partial charge in [-0.25, -0.2) is 0 Å². The summed E-state index contributed by atoms with van der Waals surface area (Å²) < 4.78 is 10.6. The van der Waals surface area contributed by atoms with E-state index in [4.69, 9.17) is 9.47 Å². The number of ether oxygens (including phenoxy) is 2. The van der Waals surface area contributed by atoms with Gasteiger partial charge in [0.1, 0.15) is 11.5 Å². The summed E-state index contributed by atoms with van der Waals surface area (Å²) in [6.45, 7) is 17.1. The van der Waals surface area contributed by atoms with E-state index in [-0.39, 0.29) is 0 Å². The van der Waals surface area contributed by atoms with Crippen molar-refractivity contribution in [3.8, 4) is 11.5 Å². The second-order valence-electron chi connectivity index (χ2n) is 3.49. The minimum Gasteiger partial charge on any atom is -0.496 e. The molecule has 3 nitrogen and oxygen atoms in total. The third-order valence-electron chi connectivity index (χ3n) is 2.65. The van der Waals surface area contributed by atoms with Crippen molar-refractivity contribution < 1.29 is 9.47 Å². The van der Waals surface area contributed by atoms with Crippen molar-refractivity contribution in [2.75, 3.05) is 32.7 Å². The standard InChI is InChI=1S/C12H19NO2.3C2H6/c1-6-13(3)10-7-11(14-4)9(2)12(8-10)15-5;3*1-2/h7-8H,6H2,1-5H3;3*1-2H3. The number of methoxy groups -OCH3 is 2. The summed E-state index contributed by atoms with van der Waals surface area (Å²) in [7, 11) is 5.40. The SMILES string of the molecule is CC.CC.CC.CCN(C)c1cc(OC)c(C)c(OC)c1. The molecular weight excluding hydrogens is 262 g/mol. The van der Waals surface area contributed by atoms with Gasteiger partial charge in [0.05, 0.1) is 14.2 Å². The van der Waals surface area contributed by atoms with E-state index in [9.17, 15) is 0 Å². The smallest absolute Gasteiger partial charge is 0.127 e. The molecule has 1 aromatic carbocycles. The number of hydrogen-bond donors (Lipinski definition) is 0. The average molecular weight is 299 g/mol. The van der Waals surface area contributed by atoms with E-state index in [0.717, 1.165) is 29.3 Å². The molecule has 0 bridgehead atoms. The molecule has 0 atom stereocenters. The summed E-state index contributed by atoms with van der Waals surface area (Å²) in [5.41, 5.74) is 2.14. The summed E-state index contributed by atoms with van der Waals surface area (Å²) in [6, 6.07) is 4.06. The molecular formula is C18H37NO2. The Hall–Kier alpha value is -1.38. The largest absolute Gasteiger partial charge is 0.496 e. The zero-order chi connectivity index (χ0) is 17.4. The first-order chi connectivity index (χ1) is 10.1. The molecule has 0 spiro atoms. The van der Waals surface area contributed by atoms with Crippen LogP contribution in [0.2, 0.25) is 0 Å². The van der Waals surface area contributed by atoms with Crippen molar-refractivity contribution in [2.45, 2.75) is 55.4 Å². The molecule has 0 aliphatic rings. The van der Waals surface area contributed by atoms with Crippen LogP contribution in [0.4, 0.5) is 5.69 Å². The van der Waals surface area contributed by atoms with E-state index >= 15 is 0 Å². The van der Waals surface area contributed by atoms with E-state index in [0.29, 0.717) is 0 Å². The highest BCUT2D eigenvalue weighted by molar-refractivity contribution is 5.59. The molecule has 0 aliphatic heterocycles. The molecule has 0 aromatic heterocycles. The quantitative estimate of drug-likeness (QED) is 0.728. The Labute approximate surface area is 133 Å². The maximum absolute atomic E-state index is 5.32. The lowest BCUT2D eigenvalue weighted by molar-refractivity contribution is 0.389. The second kappa shape index (κ2) is 16.7. The molecule has 0 N–H and O–H groups in total. The van der Waals surface area contributed by atoms with Crippen LogP contribution in [-0.2, 0) is 0 Å². The first-order valence-corrected chi connectivity index (χ1v) is 8.07.